The molecule has 0 saturated carbocycles. The number of aromatic nitrogens is 3. The van der Waals surface area contributed by atoms with Crippen molar-refractivity contribution in [2.45, 2.75) is 0 Å². The summed E-state index contributed by atoms with van der Waals surface area (Å²) in [5, 5.41) is 2.57. The monoisotopic (exact) mass is 815 g/mol. The molecule has 0 unspecified atom stereocenters. The van der Waals surface area contributed by atoms with E-state index in [-0.39, 0.29) is 75.1 Å². The Bertz CT molecular complexity index is 3950. The minimum absolute atomic E-state index is 0.000295. The van der Waals surface area contributed by atoms with E-state index >= 15 is 0 Å². The fourth-order valence-electron chi connectivity index (χ4n) is 8.13. The Labute approximate surface area is 370 Å². The average molecular weight is 816 g/mol. The third-order valence-corrected chi connectivity index (χ3v) is 12.5. The summed E-state index contributed by atoms with van der Waals surface area (Å²) in [4.78, 5) is 14.8. The van der Waals surface area contributed by atoms with Gasteiger partial charge < -0.3 is 4.42 Å². The Hall–Kier alpha value is -7.99. The van der Waals surface area contributed by atoms with Crippen molar-refractivity contribution in [2.24, 2.45) is 0 Å². The van der Waals surface area contributed by atoms with E-state index in [1.54, 1.807) is 35.6 Å². The van der Waals surface area contributed by atoms with Crippen molar-refractivity contribution in [3.63, 3.8) is 0 Å². The minimum Gasteiger partial charge on any atom is -0.456 e. The van der Waals surface area contributed by atoms with Crippen molar-refractivity contribution >= 4 is 53.4 Å². The molecule has 12 aromatic rings. The van der Waals surface area contributed by atoms with Crippen LogP contribution in [0.25, 0.3) is 121 Å². The van der Waals surface area contributed by atoms with Gasteiger partial charge in [0.15, 0.2) is 17.5 Å². The van der Waals surface area contributed by atoms with Crippen LogP contribution >= 0.6 is 11.3 Å². The fourth-order valence-corrected chi connectivity index (χ4v) is 9.50. The van der Waals surface area contributed by atoms with Crippen molar-refractivity contribution in [2.75, 3.05) is 0 Å². The van der Waals surface area contributed by atoms with E-state index in [2.05, 4.69) is 72.8 Å². The zero-order chi connectivity index (χ0) is 46.2. The molecule has 3 heterocycles. The SMILES string of the molecule is [2H]c1c(-c2ccccc2)c([2H])c2c(oc3c([2H])c(-c4nc(-c5ccc(-c6ccccc6)cc5)nc(-c5ccc(-c6cccc7c6sc6c(-c8ccccc8)cccc67)cc5)n4)c([2H])c([2H])c32)c1[2H]. The van der Waals surface area contributed by atoms with Gasteiger partial charge in [-0.1, -0.05) is 188 Å². The van der Waals surface area contributed by atoms with Gasteiger partial charge >= 0.3 is 0 Å². The predicted octanol–water partition coefficient (Wildman–Crippen LogP) is 15.8. The number of nitrogens with zero attached hydrogens (tertiary/aromatic N) is 3. The predicted molar refractivity (Wildman–Crippen MR) is 258 cm³/mol. The lowest BCUT2D eigenvalue weighted by atomic mass is 9.99. The molecule has 3 aromatic heterocycles. The molecular formula is C57H35N3OS. The van der Waals surface area contributed by atoms with Gasteiger partial charge in [0.05, 0.1) is 8.22 Å². The molecule has 9 aromatic carbocycles. The maximum atomic E-state index is 9.56. The highest BCUT2D eigenvalue weighted by Gasteiger charge is 2.17. The van der Waals surface area contributed by atoms with Gasteiger partial charge in [0.25, 0.3) is 0 Å². The van der Waals surface area contributed by atoms with E-state index in [4.69, 9.17) is 22.1 Å². The first-order valence-electron chi connectivity index (χ1n) is 23.3. The Morgan fingerprint density at radius 3 is 1.35 bits per heavy atom. The number of furan rings is 1. The molecule has 0 atom stereocenters. The van der Waals surface area contributed by atoms with Gasteiger partial charge in [-0.05, 0) is 68.7 Å². The summed E-state index contributed by atoms with van der Waals surface area (Å²) < 4.78 is 64.0. The van der Waals surface area contributed by atoms with Crippen LogP contribution in [0.4, 0.5) is 0 Å². The molecule has 12 rings (SSSR count). The third-order valence-electron chi connectivity index (χ3n) is 11.2. The maximum absolute atomic E-state index is 9.56. The van der Waals surface area contributed by atoms with Gasteiger partial charge in [0, 0.05) is 47.6 Å². The van der Waals surface area contributed by atoms with E-state index in [1.807, 2.05) is 78.9 Å². The first kappa shape index (κ1) is 30.1. The maximum Gasteiger partial charge on any atom is 0.164 e. The van der Waals surface area contributed by atoms with Crippen LogP contribution in [-0.4, -0.2) is 15.0 Å². The Morgan fingerprint density at radius 2 is 0.774 bits per heavy atom. The molecule has 0 bridgehead atoms. The molecular weight excluding hydrogens is 775 g/mol. The molecule has 0 fully saturated rings. The topological polar surface area (TPSA) is 51.8 Å². The molecule has 5 heteroatoms. The summed E-state index contributed by atoms with van der Waals surface area (Å²) in [6, 6.07) is 56.7. The van der Waals surface area contributed by atoms with Gasteiger partial charge in [0.2, 0.25) is 0 Å². The fraction of sp³-hybridized carbons (Fsp3) is 0. The smallest absolute Gasteiger partial charge is 0.164 e. The zero-order valence-electron chi connectivity index (χ0n) is 38.9. The van der Waals surface area contributed by atoms with Gasteiger partial charge in [-0.25, -0.2) is 15.0 Å². The third kappa shape index (κ3) is 6.35. The number of rotatable bonds is 7. The number of hydrogen-bond donors (Lipinski definition) is 0. The lowest BCUT2D eigenvalue weighted by Gasteiger charge is -2.10. The van der Waals surface area contributed by atoms with Gasteiger partial charge in [-0.3, -0.25) is 0 Å². The molecule has 0 N–H and O–H groups in total. The van der Waals surface area contributed by atoms with Crippen LogP contribution < -0.4 is 0 Å². The molecule has 0 radical (unpaired) electrons. The van der Waals surface area contributed by atoms with Crippen LogP contribution in [0.5, 0.6) is 0 Å². The van der Waals surface area contributed by atoms with E-state index in [1.165, 1.54) is 31.3 Å². The van der Waals surface area contributed by atoms with Crippen LogP contribution in [0.1, 0.15) is 8.22 Å². The average Bonchev–Trinajstić information content (AvgIpc) is 3.99. The number of thiophene rings is 1. The molecule has 290 valence electrons. The molecule has 0 aliphatic rings. The van der Waals surface area contributed by atoms with E-state index < -0.39 is 0 Å². The van der Waals surface area contributed by atoms with Gasteiger partial charge in [-0.15, -0.1) is 11.3 Å². The quantitative estimate of drug-likeness (QED) is 0.161. The van der Waals surface area contributed by atoms with E-state index in [9.17, 15) is 5.48 Å². The summed E-state index contributed by atoms with van der Waals surface area (Å²) in [7, 11) is 0. The van der Waals surface area contributed by atoms with Crippen LogP contribution in [0.15, 0.2) is 217 Å². The highest BCUT2D eigenvalue weighted by atomic mass is 32.1. The van der Waals surface area contributed by atoms with Crippen molar-refractivity contribution in [1.82, 2.24) is 15.0 Å². The van der Waals surface area contributed by atoms with E-state index in [0.29, 0.717) is 28.3 Å². The molecule has 4 nitrogen and oxygen atoms in total. The number of hydrogen-bond acceptors (Lipinski definition) is 5. The molecule has 0 spiro atoms. The molecule has 0 aliphatic heterocycles. The summed E-state index contributed by atoms with van der Waals surface area (Å²) in [5.74, 6) is 0.612. The highest BCUT2D eigenvalue weighted by Crippen LogP contribution is 2.44. The Morgan fingerprint density at radius 1 is 0.323 bits per heavy atom. The lowest BCUT2D eigenvalue weighted by Crippen LogP contribution is -2.00. The minimum atomic E-state index is -0.336. The van der Waals surface area contributed by atoms with Crippen LogP contribution in [0.3, 0.4) is 0 Å². The second kappa shape index (κ2) is 14.9. The molecule has 62 heavy (non-hydrogen) atoms. The summed E-state index contributed by atoms with van der Waals surface area (Å²) >= 11 is 1.79. The zero-order valence-corrected chi connectivity index (χ0v) is 33.7. The molecule has 0 aliphatic carbocycles. The number of fused-ring (bicyclic) bond motifs is 6. The first-order chi connectivity index (χ1) is 33.2. The highest BCUT2D eigenvalue weighted by molar-refractivity contribution is 7.26. The van der Waals surface area contributed by atoms with Crippen molar-refractivity contribution in [3.8, 4) is 78.7 Å². The largest absolute Gasteiger partial charge is 0.456 e. The van der Waals surface area contributed by atoms with Gasteiger partial charge in [-0.2, -0.15) is 0 Å². The summed E-state index contributed by atoms with van der Waals surface area (Å²) in [6.45, 7) is 0. The number of benzene rings is 9. The summed E-state index contributed by atoms with van der Waals surface area (Å²) in [5.41, 5.74) is 8.46. The normalized spacial score (nSPS) is 12.9. The Kier molecular flexibility index (Phi) is 7.25. The molecule has 0 amide bonds. The van der Waals surface area contributed by atoms with Crippen molar-refractivity contribution < 1.29 is 12.6 Å². The lowest BCUT2D eigenvalue weighted by molar-refractivity contribution is 0.669. The Balaban J connectivity index is 1.01. The molecule has 0 saturated heterocycles. The van der Waals surface area contributed by atoms with Gasteiger partial charge in [0.1, 0.15) is 11.2 Å². The van der Waals surface area contributed by atoms with Crippen molar-refractivity contribution in [1.29, 1.82) is 0 Å². The first-order valence-corrected chi connectivity index (χ1v) is 21.1. The van der Waals surface area contributed by atoms with Crippen LogP contribution in [0.2, 0.25) is 0 Å². The van der Waals surface area contributed by atoms with Crippen molar-refractivity contribution in [3.05, 3.63) is 212 Å². The van der Waals surface area contributed by atoms with Crippen LogP contribution in [-0.2, 0) is 0 Å². The second-order valence-corrected chi connectivity index (χ2v) is 16.1. The second-order valence-electron chi connectivity index (χ2n) is 15.0. The standard InChI is InChI=1S/C57H35N3OS/c1-4-12-36(13-5-1)38-22-26-41(27-23-38)55-58-56(60-57(59-55)44-30-32-47-50-34-43(37-14-6-2-7-15-37)31-33-51(50)61-52(47)35-44)42-28-24-40(25-29-42)46-19-11-21-49-48-20-10-18-45(53(48)62-54(46)49)39-16-8-3-9-17-39/h1-35H/i30D,31D,32D,33D,34D,35D. The van der Waals surface area contributed by atoms with E-state index in [0.717, 1.165) is 22.3 Å². The van der Waals surface area contributed by atoms with Crippen LogP contribution in [0, 0.1) is 0 Å². The summed E-state index contributed by atoms with van der Waals surface area (Å²) in [6.07, 6.45) is 0.